The lowest BCUT2D eigenvalue weighted by Gasteiger charge is -2.53. The van der Waals surface area contributed by atoms with Gasteiger partial charge in [-0.05, 0) is 18.1 Å². The third-order valence-corrected chi connectivity index (χ3v) is 8.94. The average molecular weight is 437 g/mol. The summed E-state index contributed by atoms with van der Waals surface area (Å²) in [5, 5.41) is 56.1. The fourth-order valence-corrected chi connectivity index (χ4v) is 7.12. The number of hydrogen-bond acceptors (Lipinski definition) is 7. The predicted molar refractivity (Wildman–Crippen MR) is 113 cm³/mol. The maximum atomic E-state index is 12.6. The molecule has 0 heterocycles. The van der Waals surface area contributed by atoms with Crippen molar-refractivity contribution >= 4 is 5.97 Å². The first-order valence-corrected chi connectivity index (χ1v) is 11.2. The first-order chi connectivity index (χ1) is 14.2. The van der Waals surface area contributed by atoms with Gasteiger partial charge in [0.05, 0.1) is 24.2 Å². The Morgan fingerprint density at radius 2 is 1.84 bits per heavy atom. The van der Waals surface area contributed by atoms with Crippen LogP contribution in [0.5, 0.6) is 0 Å². The van der Waals surface area contributed by atoms with Crippen LogP contribution in [0.15, 0.2) is 23.3 Å². The SMILES string of the molecule is CC1=C[C@H]2[C@@]3(O)[C@H](C)[C@@H](O)[C@]4(OC(=O)C(C)C)[C@H]([C@@H]3C=C(CO)C[C@]2(O)C1O)C4(C)C. The highest BCUT2D eigenvalue weighted by Crippen LogP contribution is 2.76. The van der Waals surface area contributed by atoms with Gasteiger partial charge in [0.1, 0.15) is 17.3 Å². The minimum Gasteiger partial charge on any atom is -0.455 e. The Kier molecular flexibility index (Phi) is 4.91. The zero-order chi connectivity index (χ0) is 23.3. The van der Waals surface area contributed by atoms with Crippen LogP contribution in [0.2, 0.25) is 0 Å². The monoisotopic (exact) mass is 436 g/mol. The molecule has 2 fully saturated rings. The molecule has 7 heteroatoms. The summed E-state index contributed by atoms with van der Waals surface area (Å²) >= 11 is 0. The first-order valence-electron chi connectivity index (χ1n) is 11.2. The number of hydrogen-bond donors (Lipinski definition) is 5. The molecule has 0 aromatic heterocycles. The Hall–Kier alpha value is -1.25. The summed E-state index contributed by atoms with van der Waals surface area (Å²) in [5.74, 6) is -3.38. The van der Waals surface area contributed by atoms with E-state index in [0.717, 1.165) is 0 Å². The average Bonchev–Trinajstić information content (AvgIpc) is 3.13. The molecular weight excluding hydrogens is 400 g/mol. The summed E-state index contributed by atoms with van der Waals surface area (Å²) in [7, 11) is 0. The van der Waals surface area contributed by atoms with Crippen LogP contribution in [-0.4, -0.2) is 67.1 Å². The second kappa shape index (κ2) is 6.64. The van der Waals surface area contributed by atoms with E-state index in [1.807, 2.05) is 13.8 Å². The molecule has 174 valence electrons. The minimum atomic E-state index is -1.69. The summed E-state index contributed by atoms with van der Waals surface area (Å²) in [5.41, 5.74) is -4.01. The third kappa shape index (κ3) is 2.55. The van der Waals surface area contributed by atoms with E-state index < -0.39 is 64.1 Å². The van der Waals surface area contributed by atoms with Gasteiger partial charge in [0.2, 0.25) is 0 Å². The molecule has 4 aliphatic rings. The quantitative estimate of drug-likeness (QED) is 0.329. The number of carbonyl (C=O) groups excluding carboxylic acids is 1. The minimum absolute atomic E-state index is 0.0106. The zero-order valence-electron chi connectivity index (χ0n) is 19.2. The van der Waals surface area contributed by atoms with Crippen LogP contribution >= 0.6 is 0 Å². The van der Waals surface area contributed by atoms with Crippen molar-refractivity contribution in [1.82, 2.24) is 0 Å². The molecule has 4 aliphatic carbocycles. The zero-order valence-corrected chi connectivity index (χ0v) is 19.2. The molecule has 0 aromatic rings. The number of fused-ring (bicyclic) bond motifs is 5. The fraction of sp³-hybridized carbons (Fsp3) is 0.792. The number of aliphatic hydroxyl groups excluding tert-OH is 3. The van der Waals surface area contributed by atoms with Crippen LogP contribution in [0, 0.1) is 35.0 Å². The number of rotatable bonds is 3. The Morgan fingerprint density at radius 3 is 2.39 bits per heavy atom. The van der Waals surface area contributed by atoms with Crippen molar-refractivity contribution in [3.63, 3.8) is 0 Å². The summed E-state index contributed by atoms with van der Waals surface area (Å²) in [6.07, 6.45) is 1.16. The molecule has 4 rings (SSSR count). The molecule has 0 amide bonds. The topological polar surface area (TPSA) is 127 Å². The Balaban J connectivity index is 1.89. The van der Waals surface area contributed by atoms with Crippen LogP contribution in [0.25, 0.3) is 0 Å². The van der Waals surface area contributed by atoms with Crippen molar-refractivity contribution in [3.05, 3.63) is 23.3 Å². The molecule has 0 aromatic carbocycles. The van der Waals surface area contributed by atoms with E-state index in [0.29, 0.717) is 11.1 Å². The largest absolute Gasteiger partial charge is 0.455 e. The van der Waals surface area contributed by atoms with Crippen molar-refractivity contribution in [2.24, 2.45) is 35.0 Å². The second-order valence-electron chi connectivity index (χ2n) is 11.2. The number of carbonyl (C=O) groups is 1. The van der Waals surface area contributed by atoms with Gasteiger partial charge in [-0.1, -0.05) is 46.8 Å². The standard InChI is InChI=1S/C24H36O7/c1-11(2)20(28)31-24-17(21(24,5)6)15-8-14(10-25)9-22(29)16(7-12(3)18(22)26)23(15,30)13(4)19(24)27/h7-8,11,13,15-19,25-27,29-30H,9-10H2,1-6H3/t13-,15+,16-,17-,18?,19-,22-,23-,24-/m1/s1. The van der Waals surface area contributed by atoms with Gasteiger partial charge in [-0.25, -0.2) is 0 Å². The summed E-state index contributed by atoms with van der Waals surface area (Å²) in [4.78, 5) is 12.6. The Labute approximate surface area is 183 Å². The number of ether oxygens (including phenoxy) is 1. The second-order valence-corrected chi connectivity index (χ2v) is 11.2. The van der Waals surface area contributed by atoms with Gasteiger partial charge in [0, 0.05) is 35.5 Å². The molecule has 0 spiro atoms. The maximum absolute atomic E-state index is 12.6. The highest BCUT2D eigenvalue weighted by Gasteiger charge is 2.86. The van der Waals surface area contributed by atoms with Crippen molar-refractivity contribution in [3.8, 4) is 0 Å². The first kappa shape index (κ1) is 22.9. The third-order valence-electron chi connectivity index (χ3n) is 8.94. The molecule has 0 saturated heterocycles. The molecule has 0 radical (unpaired) electrons. The van der Waals surface area contributed by atoms with Crippen LogP contribution in [0.1, 0.15) is 48.0 Å². The van der Waals surface area contributed by atoms with Crippen LogP contribution in [0.3, 0.4) is 0 Å². The smallest absolute Gasteiger partial charge is 0.309 e. The summed E-state index contributed by atoms with van der Waals surface area (Å²) in [6, 6.07) is 0. The Bertz CT molecular complexity index is 860. The van der Waals surface area contributed by atoms with Crippen LogP contribution < -0.4 is 0 Å². The molecule has 0 aliphatic heterocycles. The molecule has 0 bridgehead atoms. The van der Waals surface area contributed by atoms with Gasteiger partial charge in [-0.15, -0.1) is 0 Å². The van der Waals surface area contributed by atoms with Crippen molar-refractivity contribution in [1.29, 1.82) is 0 Å². The molecule has 5 N–H and O–H groups in total. The summed E-state index contributed by atoms with van der Waals surface area (Å²) < 4.78 is 5.98. The van der Waals surface area contributed by atoms with E-state index in [1.54, 1.807) is 39.8 Å². The number of esters is 1. The van der Waals surface area contributed by atoms with Gasteiger partial charge < -0.3 is 30.3 Å². The van der Waals surface area contributed by atoms with E-state index >= 15 is 0 Å². The lowest BCUT2D eigenvalue weighted by atomic mass is 9.59. The highest BCUT2D eigenvalue weighted by molar-refractivity contribution is 5.73. The van der Waals surface area contributed by atoms with Gasteiger partial charge in [-0.3, -0.25) is 4.79 Å². The van der Waals surface area contributed by atoms with E-state index in [-0.39, 0.29) is 18.9 Å². The normalized spacial score (nSPS) is 49.9. The fourth-order valence-electron chi connectivity index (χ4n) is 7.12. The summed E-state index contributed by atoms with van der Waals surface area (Å²) in [6.45, 7) is 10.4. The van der Waals surface area contributed by atoms with Gasteiger partial charge in [0.15, 0.2) is 0 Å². The maximum Gasteiger partial charge on any atom is 0.309 e. The van der Waals surface area contributed by atoms with E-state index in [1.165, 1.54) is 0 Å². The van der Waals surface area contributed by atoms with Crippen molar-refractivity contribution < 1.29 is 35.1 Å². The van der Waals surface area contributed by atoms with Crippen molar-refractivity contribution in [2.45, 2.75) is 77.0 Å². The molecule has 31 heavy (non-hydrogen) atoms. The Morgan fingerprint density at radius 1 is 1.23 bits per heavy atom. The molecule has 9 atom stereocenters. The molecule has 1 unspecified atom stereocenters. The van der Waals surface area contributed by atoms with Gasteiger partial charge in [0.25, 0.3) is 0 Å². The van der Waals surface area contributed by atoms with Crippen LogP contribution in [0.4, 0.5) is 0 Å². The number of aliphatic hydroxyl groups is 5. The highest BCUT2D eigenvalue weighted by atomic mass is 16.6. The lowest BCUT2D eigenvalue weighted by Crippen LogP contribution is -2.66. The van der Waals surface area contributed by atoms with E-state index in [4.69, 9.17) is 4.74 Å². The van der Waals surface area contributed by atoms with Crippen LogP contribution in [-0.2, 0) is 9.53 Å². The molecule has 7 nitrogen and oxygen atoms in total. The van der Waals surface area contributed by atoms with Gasteiger partial charge >= 0.3 is 5.97 Å². The molecule has 2 saturated carbocycles. The molecular formula is C24H36O7. The van der Waals surface area contributed by atoms with E-state index in [2.05, 4.69) is 0 Å². The van der Waals surface area contributed by atoms with Gasteiger partial charge in [-0.2, -0.15) is 0 Å². The predicted octanol–water partition coefficient (Wildman–Crippen LogP) is 0.929. The van der Waals surface area contributed by atoms with E-state index in [9.17, 15) is 30.3 Å². The van der Waals surface area contributed by atoms with Crippen molar-refractivity contribution in [2.75, 3.05) is 6.61 Å². The lowest BCUT2D eigenvalue weighted by molar-refractivity contribution is -0.228.